The molecule has 0 amide bonds. The lowest BCUT2D eigenvalue weighted by molar-refractivity contribution is -0.143. The first-order valence-electron chi connectivity index (χ1n) is 12.0. The predicted octanol–water partition coefficient (Wildman–Crippen LogP) is 4.07. The summed E-state index contributed by atoms with van der Waals surface area (Å²) >= 11 is 0. The van der Waals surface area contributed by atoms with E-state index >= 15 is 0 Å². The SMILES string of the molecule is CC(C)COC(=O)Cc1cccc(Cc2nn(-c3cnn(COCC[Si](C)(C)C)c3)ccc2=O)c1. The van der Waals surface area contributed by atoms with Gasteiger partial charge in [-0.1, -0.05) is 57.8 Å². The van der Waals surface area contributed by atoms with Gasteiger partial charge in [-0.3, -0.25) is 9.59 Å². The van der Waals surface area contributed by atoms with E-state index in [1.807, 2.05) is 44.3 Å². The summed E-state index contributed by atoms with van der Waals surface area (Å²) in [5.41, 5.74) is 2.80. The molecule has 3 rings (SSSR count). The van der Waals surface area contributed by atoms with Crippen LogP contribution in [0.1, 0.15) is 30.7 Å². The minimum atomic E-state index is -1.13. The van der Waals surface area contributed by atoms with Gasteiger partial charge in [-0.25, -0.2) is 9.36 Å². The van der Waals surface area contributed by atoms with Gasteiger partial charge in [0.1, 0.15) is 18.1 Å². The highest BCUT2D eigenvalue weighted by Crippen LogP contribution is 2.12. The van der Waals surface area contributed by atoms with Gasteiger partial charge in [0, 0.05) is 33.4 Å². The van der Waals surface area contributed by atoms with Gasteiger partial charge in [0.05, 0.1) is 25.4 Å². The van der Waals surface area contributed by atoms with Crippen LogP contribution >= 0.6 is 0 Å². The van der Waals surface area contributed by atoms with Crippen molar-refractivity contribution in [3.05, 3.63) is 76.0 Å². The number of nitrogens with zero attached hydrogens (tertiary/aromatic N) is 4. The molecule has 3 aromatic rings. The molecule has 0 aliphatic carbocycles. The normalized spacial score (nSPS) is 11.7. The molecular weight excluding hydrogens is 460 g/mol. The third-order valence-corrected chi connectivity index (χ3v) is 6.98. The topological polar surface area (TPSA) is 88.2 Å². The van der Waals surface area contributed by atoms with E-state index in [2.05, 4.69) is 29.8 Å². The summed E-state index contributed by atoms with van der Waals surface area (Å²) in [5, 5.41) is 8.89. The molecule has 2 heterocycles. The molecule has 0 radical (unpaired) electrons. The molecule has 35 heavy (non-hydrogen) atoms. The number of esters is 1. The molecule has 0 atom stereocenters. The van der Waals surface area contributed by atoms with Crippen molar-refractivity contribution >= 4 is 14.0 Å². The third kappa shape index (κ3) is 8.92. The molecule has 2 aromatic heterocycles. The average Bonchev–Trinajstić information content (AvgIpc) is 3.25. The summed E-state index contributed by atoms with van der Waals surface area (Å²) in [6.45, 7) is 12.5. The standard InChI is InChI=1S/C26H36N4O4Si/c1-20(2)18-34-26(32)15-22-8-6-7-21(13-22)14-24-25(31)9-10-30(28-24)23-16-27-29(17-23)19-33-11-12-35(3,4)5/h6-10,13,16-17,20H,11-12,14-15,18-19H2,1-5H3. The Kier molecular flexibility index (Phi) is 9.17. The van der Waals surface area contributed by atoms with E-state index in [0.29, 0.717) is 31.4 Å². The molecule has 0 fully saturated rings. The van der Waals surface area contributed by atoms with Gasteiger partial charge in [0.15, 0.2) is 0 Å². The fourth-order valence-electron chi connectivity index (χ4n) is 3.31. The predicted molar refractivity (Wildman–Crippen MR) is 138 cm³/mol. The number of hydrogen-bond acceptors (Lipinski definition) is 6. The maximum atomic E-state index is 12.5. The maximum Gasteiger partial charge on any atom is 0.310 e. The highest BCUT2D eigenvalue weighted by molar-refractivity contribution is 6.76. The van der Waals surface area contributed by atoms with Gasteiger partial charge in [-0.15, -0.1) is 0 Å². The van der Waals surface area contributed by atoms with Crippen LogP contribution in [0.3, 0.4) is 0 Å². The summed E-state index contributed by atoms with van der Waals surface area (Å²) in [4.78, 5) is 24.6. The zero-order valence-corrected chi connectivity index (χ0v) is 22.4. The van der Waals surface area contributed by atoms with Crippen LogP contribution in [0.5, 0.6) is 0 Å². The molecule has 0 spiro atoms. The van der Waals surface area contributed by atoms with E-state index in [4.69, 9.17) is 9.47 Å². The van der Waals surface area contributed by atoms with Crippen LogP contribution in [-0.2, 0) is 33.8 Å². The Morgan fingerprint density at radius 1 is 1.14 bits per heavy atom. The van der Waals surface area contributed by atoms with E-state index < -0.39 is 8.07 Å². The van der Waals surface area contributed by atoms with Gasteiger partial charge < -0.3 is 9.47 Å². The van der Waals surface area contributed by atoms with Crippen molar-refractivity contribution in [1.82, 2.24) is 19.6 Å². The zero-order chi connectivity index (χ0) is 25.4. The van der Waals surface area contributed by atoms with Gasteiger partial charge in [-0.05, 0) is 23.1 Å². The molecule has 0 aliphatic heterocycles. The van der Waals surface area contributed by atoms with Crippen LogP contribution < -0.4 is 5.43 Å². The number of aromatic nitrogens is 4. The third-order valence-electron chi connectivity index (χ3n) is 5.27. The largest absolute Gasteiger partial charge is 0.465 e. The summed E-state index contributed by atoms with van der Waals surface area (Å²) in [7, 11) is -1.13. The number of carbonyl (C=O) groups excluding carboxylic acids is 1. The van der Waals surface area contributed by atoms with E-state index in [0.717, 1.165) is 29.5 Å². The zero-order valence-electron chi connectivity index (χ0n) is 21.4. The first kappa shape index (κ1) is 26.6. The average molecular weight is 497 g/mol. The van der Waals surface area contributed by atoms with E-state index in [1.54, 1.807) is 21.8 Å². The van der Waals surface area contributed by atoms with Crippen molar-refractivity contribution in [2.24, 2.45) is 5.92 Å². The van der Waals surface area contributed by atoms with Gasteiger partial charge in [0.2, 0.25) is 5.43 Å². The molecule has 0 saturated carbocycles. The van der Waals surface area contributed by atoms with Crippen molar-refractivity contribution in [3.63, 3.8) is 0 Å². The Morgan fingerprint density at radius 2 is 1.91 bits per heavy atom. The summed E-state index contributed by atoms with van der Waals surface area (Å²) in [6.07, 6.45) is 5.75. The first-order chi connectivity index (χ1) is 16.6. The Hall–Kier alpha value is -3.04. The fourth-order valence-corrected chi connectivity index (χ4v) is 4.07. The minimum absolute atomic E-state index is 0.134. The Balaban J connectivity index is 1.65. The molecule has 8 nitrogen and oxygen atoms in total. The van der Waals surface area contributed by atoms with Gasteiger partial charge in [-0.2, -0.15) is 10.2 Å². The van der Waals surface area contributed by atoms with Crippen LogP contribution in [0.15, 0.2) is 53.7 Å². The van der Waals surface area contributed by atoms with E-state index in [1.165, 1.54) is 6.07 Å². The van der Waals surface area contributed by atoms with Crippen molar-refractivity contribution < 1.29 is 14.3 Å². The number of rotatable bonds is 12. The molecule has 188 valence electrons. The van der Waals surface area contributed by atoms with Crippen molar-refractivity contribution in [2.45, 2.75) is 59.1 Å². The summed E-state index contributed by atoms with van der Waals surface area (Å²) in [6, 6.07) is 10.2. The highest BCUT2D eigenvalue weighted by Gasteiger charge is 2.13. The van der Waals surface area contributed by atoms with Crippen LogP contribution in [0, 0.1) is 5.92 Å². The monoisotopic (exact) mass is 496 g/mol. The number of carbonyl (C=O) groups is 1. The quantitative estimate of drug-likeness (QED) is 0.213. The van der Waals surface area contributed by atoms with E-state index in [-0.39, 0.29) is 17.8 Å². The molecule has 9 heteroatoms. The lowest BCUT2D eigenvalue weighted by Crippen LogP contribution is -2.22. The molecule has 0 saturated heterocycles. The molecule has 0 bridgehead atoms. The second-order valence-electron chi connectivity index (χ2n) is 10.4. The van der Waals surface area contributed by atoms with Crippen molar-refractivity contribution in [1.29, 1.82) is 0 Å². The highest BCUT2D eigenvalue weighted by atomic mass is 28.3. The molecule has 0 aliphatic rings. The smallest absolute Gasteiger partial charge is 0.310 e. The second-order valence-corrected chi connectivity index (χ2v) is 16.0. The summed E-state index contributed by atoms with van der Waals surface area (Å²) < 4.78 is 14.4. The van der Waals surface area contributed by atoms with Crippen molar-refractivity contribution in [3.8, 4) is 5.69 Å². The Bertz CT molecular complexity index is 1180. The van der Waals surface area contributed by atoms with Crippen LogP contribution in [0.2, 0.25) is 25.7 Å². The molecular formula is C26H36N4O4Si. The van der Waals surface area contributed by atoms with E-state index in [9.17, 15) is 9.59 Å². The molecule has 1 aromatic carbocycles. The van der Waals surface area contributed by atoms with Crippen LogP contribution in [-0.4, -0.2) is 46.8 Å². The molecule has 0 unspecified atom stereocenters. The number of hydrogen-bond donors (Lipinski definition) is 0. The van der Waals surface area contributed by atoms with Crippen LogP contribution in [0.4, 0.5) is 0 Å². The van der Waals surface area contributed by atoms with Gasteiger partial charge in [0.25, 0.3) is 0 Å². The fraction of sp³-hybridized carbons (Fsp3) is 0.462. The minimum Gasteiger partial charge on any atom is -0.465 e. The summed E-state index contributed by atoms with van der Waals surface area (Å²) in [5.74, 6) is 0.0451. The molecule has 0 N–H and O–H groups in total. The Morgan fingerprint density at radius 3 is 2.66 bits per heavy atom. The lowest BCUT2D eigenvalue weighted by atomic mass is 10.0. The lowest BCUT2D eigenvalue weighted by Gasteiger charge is -2.15. The number of ether oxygens (including phenoxy) is 2. The van der Waals surface area contributed by atoms with Crippen LogP contribution in [0.25, 0.3) is 5.69 Å². The maximum absolute atomic E-state index is 12.5. The number of benzene rings is 1. The first-order valence-corrected chi connectivity index (χ1v) is 15.7. The van der Waals surface area contributed by atoms with Crippen molar-refractivity contribution in [2.75, 3.05) is 13.2 Å². The second kappa shape index (κ2) is 12.1. The Labute approximate surface area is 207 Å². The van der Waals surface area contributed by atoms with Gasteiger partial charge >= 0.3 is 5.97 Å².